The smallest absolute Gasteiger partial charge is 0.266 e. The van der Waals surface area contributed by atoms with Crippen LogP contribution in [0.5, 0.6) is 0 Å². The molecule has 0 spiro atoms. The summed E-state index contributed by atoms with van der Waals surface area (Å²) < 4.78 is 0. The van der Waals surface area contributed by atoms with Gasteiger partial charge < -0.3 is 5.32 Å². The fourth-order valence-electron chi connectivity index (χ4n) is 2.57. The fourth-order valence-corrected chi connectivity index (χ4v) is 2.57. The van der Waals surface area contributed by atoms with E-state index in [0.717, 1.165) is 4.90 Å². The Balaban J connectivity index is 1.86. The molecule has 2 aromatic carbocycles. The lowest BCUT2D eigenvalue weighted by molar-refractivity contribution is -0.111. The minimum Gasteiger partial charge on any atom is -0.322 e. The van der Waals surface area contributed by atoms with Crippen molar-refractivity contribution in [2.24, 2.45) is 0 Å². The molecule has 1 heterocycles. The summed E-state index contributed by atoms with van der Waals surface area (Å²) in [6.45, 7) is 1.85. The van der Waals surface area contributed by atoms with Gasteiger partial charge in [-0.25, -0.2) is 4.90 Å². The van der Waals surface area contributed by atoms with Crippen molar-refractivity contribution in [2.45, 2.75) is 6.92 Å². The molecule has 3 rings (SSSR count). The van der Waals surface area contributed by atoms with Gasteiger partial charge in [-0.05, 0) is 37.3 Å². The van der Waals surface area contributed by atoms with E-state index in [9.17, 15) is 14.4 Å². The van der Waals surface area contributed by atoms with E-state index >= 15 is 0 Å². The summed E-state index contributed by atoms with van der Waals surface area (Å²) in [7, 11) is 0. The minimum atomic E-state index is -0.397. The van der Waals surface area contributed by atoms with Gasteiger partial charge in [-0.3, -0.25) is 14.4 Å². The van der Waals surface area contributed by atoms with Crippen molar-refractivity contribution in [3.63, 3.8) is 0 Å². The number of benzene rings is 2. The Morgan fingerprint density at radius 2 is 1.68 bits per heavy atom. The van der Waals surface area contributed by atoms with Gasteiger partial charge in [0.15, 0.2) is 0 Å². The molecule has 0 fully saturated rings. The van der Waals surface area contributed by atoms with Gasteiger partial charge in [-0.1, -0.05) is 36.4 Å². The van der Waals surface area contributed by atoms with Crippen LogP contribution in [0.1, 0.15) is 27.6 Å². The molecule has 0 aromatic heterocycles. The number of hydrogen-bond acceptors (Lipinski definition) is 3. The minimum absolute atomic E-state index is 0.282. The van der Waals surface area contributed by atoms with E-state index in [0.29, 0.717) is 16.9 Å². The number of nitrogens with one attached hydrogen (secondary N) is 1. The number of carbonyl (C=O) groups excluding carboxylic acids is 3. The predicted octanol–water partition coefficient (Wildman–Crippen LogP) is 3.56. The molecule has 0 radical (unpaired) electrons. The van der Waals surface area contributed by atoms with E-state index < -0.39 is 5.91 Å². The molecule has 0 saturated heterocycles. The van der Waals surface area contributed by atoms with Gasteiger partial charge in [0.2, 0.25) is 5.91 Å². The fraction of sp³-hybridized carbons (Fsp3) is 0.0500. The van der Waals surface area contributed by atoms with Crippen molar-refractivity contribution in [1.82, 2.24) is 0 Å². The molecular weight excluding hydrogens is 316 g/mol. The van der Waals surface area contributed by atoms with Crippen molar-refractivity contribution in [3.05, 3.63) is 84.0 Å². The highest BCUT2D eigenvalue weighted by atomic mass is 16.2. The largest absolute Gasteiger partial charge is 0.322 e. The van der Waals surface area contributed by atoms with Crippen molar-refractivity contribution in [1.29, 1.82) is 0 Å². The molecule has 1 aliphatic heterocycles. The van der Waals surface area contributed by atoms with Gasteiger partial charge >= 0.3 is 0 Å². The molecule has 1 N–H and O–H groups in total. The second-order valence-corrected chi connectivity index (χ2v) is 5.42. The van der Waals surface area contributed by atoms with E-state index in [4.69, 9.17) is 0 Å². The predicted molar refractivity (Wildman–Crippen MR) is 96.6 cm³/mol. The highest BCUT2D eigenvalue weighted by molar-refractivity contribution is 6.34. The normalized spacial score (nSPS) is 13.7. The van der Waals surface area contributed by atoms with Crippen LogP contribution in [0.3, 0.4) is 0 Å². The number of imide groups is 1. The zero-order chi connectivity index (χ0) is 17.8. The monoisotopic (exact) mass is 332 g/mol. The van der Waals surface area contributed by atoms with E-state index in [1.54, 1.807) is 48.6 Å². The highest BCUT2D eigenvalue weighted by Gasteiger charge is 2.36. The maximum absolute atomic E-state index is 12.6. The lowest BCUT2D eigenvalue weighted by Gasteiger charge is -2.13. The number of nitrogens with zero attached hydrogens (tertiary/aromatic N) is 1. The van der Waals surface area contributed by atoms with Gasteiger partial charge in [0.1, 0.15) is 0 Å². The first-order valence-electron chi connectivity index (χ1n) is 7.80. The molecule has 0 atom stereocenters. The van der Waals surface area contributed by atoms with E-state index in [1.165, 1.54) is 12.1 Å². The number of hydrogen-bond donors (Lipinski definition) is 1. The number of fused-ring (bicyclic) bond motifs is 1. The Hall–Kier alpha value is -3.47. The Morgan fingerprint density at radius 1 is 0.960 bits per heavy atom. The van der Waals surface area contributed by atoms with Crippen LogP contribution in [0.4, 0.5) is 11.4 Å². The van der Waals surface area contributed by atoms with Gasteiger partial charge in [0, 0.05) is 11.8 Å². The molecule has 0 aliphatic carbocycles. The Bertz CT molecular complexity index is 898. The zero-order valence-electron chi connectivity index (χ0n) is 13.6. The summed E-state index contributed by atoms with van der Waals surface area (Å²) in [5, 5.41) is 2.68. The molecule has 5 heteroatoms. The highest BCUT2D eigenvalue weighted by Crippen LogP contribution is 2.29. The van der Waals surface area contributed by atoms with Crippen LogP contribution in [0.25, 0.3) is 0 Å². The van der Waals surface area contributed by atoms with Crippen LogP contribution in [0, 0.1) is 0 Å². The van der Waals surface area contributed by atoms with Crippen molar-refractivity contribution >= 4 is 29.1 Å². The Kier molecular flexibility index (Phi) is 4.57. The summed E-state index contributed by atoms with van der Waals surface area (Å²) in [6, 6.07) is 13.5. The lowest BCUT2D eigenvalue weighted by Crippen LogP contribution is -2.29. The molecule has 0 unspecified atom stereocenters. The van der Waals surface area contributed by atoms with E-state index in [2.05, 4.69) is 5.32 Å². The molecule has 5 nitrogen and oxygen atoms in total. The van der Waals surface area contributed by atoms with Crippen LogP contribution in [-0.2, 0) is 4.79 Å². The number of allylic oxidation sites excluding steroid dienone is 3. The molecule has 124 valence electrons. The van der Waals surface area contributed by atoms with Crippen LogP contribution in [0.2, 0.25) is 0 Å². The lowest BCUT2D eigenvalue weighted by atomic mass is 10.1. The van der Waals surface area contributed by atoms with Crippen molar-refractivity contribution < 1.29 is 14.4 Å². The number of amides is 3. The van der Waals surface area contributed by atoms with Crippen molar-refractivity contribution in [3.8, 4) is 0 Å². The number of para-hydroxylation sites is 1. The first-order valence-corrected chi connectivity index (χ1v) is 7.80. The molecule has 2 aromatic rings. The first kappa shape index (κ1) is 16.4. The Labute approximate surface area is 145 Å². The van der Waals surface area contributed by atoms with Gasteiger partial charge in [-0.15, -0.1) is 0 Å². The maximum Gasteiger partial charge on any atom is 0.266 e. The maximum atomic E-state index is 12.6. The molecule has 0 bridgehead atoms. The van der Waals surface area contributed by atoms with E-state index in [1.807, 2.05) is 19.1 Å². The van der Waals surface area contributed by atoms with Crippen LogP contribution in [0.15, 0.2) is 72.8 Å². The Morgan fingerprint density at radius 3 is 2.40 bits per heavy atom. The second-order valence-electron chi connectivity index (χ2n) is 5.42. The SMILES string of the molecule is C/C=C/C=C/C(=O)Nc1ccc2c(c1)C(=O)N(c1ccccc1)C2=O. The second kappa shape index (κ2) is 6.97. The molecule has 1 aliphatic rings. The number of anilines is 2. The molecule has 25 heavy (non-hydrogen) atoms. The summed E-state index contributed by atoms with van der Waals surface area (Å²) in [6.07, 6.45) is 6.55. The first-order chi connectivity index (χ1) is 12.1. The third-order valence-corrected chi connectivity index (χ3v) is 3.72. The van der Waals surface area contributed by atoms with Crippen LogP contribution in [-0.4, -0.2) is 17.7 Å². The van der Waals surface area contributed by atoms with Crippen LogP contribution < -0.4 is 10.2 Å². The summed E-state index contributed by atoms with van der Waals surface area (Å²) in [5.74, 6) is -1.07. The van der Waals surface area contributed by atoms with Gasteiger partial charge in [0.25, 0.3) is 11.8 Å². The molecule has 0 saturated carbocycles. The van der Waals surface area contributed by atoms with Gasteiger partial charge in [0.05, 0.1) is 16.8 Å². The number of carbonyl (C=O) groups is 3. The summed E-state index contributed by atoms with van der Waals surface area (Å²) in [5.41, 5.74) is 1.60. The summed E-state index contributed by atoms with van der Waals surface area (Å²) in [4.78, 5) is 38.1. The van der Waals surface area contributed by atoms with Crippen molar-refractivity contribution in [2.75, 3.05) is 10.2 Å². The quantitative estimate of drug-likeness (QED) is 0.529. The molecule has 3 amide bonds. The molecular formula is C20H16N2O3. The number of rotatable bonds is 4. The van der Waals surface area contributed by atoms with Crippen LogP contribution >= 0.6 is 0 Å². The van der Waals surface area contributed by atoms with E-state index in [-0.39, 0.29) is 17.4 Å². The third kappa shape index (κ3) is 3.26. The standard InChI is InChI=1S/C20H16N2O3/c1-2-3-5-10-18(23)21-14-11-12-16-17(13-14)20(25)22(19(16)24)15-8-6-4-7-9-15/h2-13H,1H3,(H,21,23)/b3-2+,10-5+. The topological polar surface area (TPSA) is 66.5 Å². The third-order valence-electron chi connectivity index (χ3n) is 3.72. The zero-order valence-corrected chi connectivity index (χ0v) is 13.6. The van der Waals surface area contributed by atoms with Gasteiger partial charge in [-0.2, -0.15) is 0 Å². The average molecular weight is 332 g/mol. The summed E-state index contributed by atoms with van der Waals surface area (Å²) >= 11 is 0. The average Bonchev–Trinajstić information content (AvgIpc) is 2.86.